The van der Waals surface area contributed by atoms with Gasteiger partial charge in [0, 0.05) is 25.2 Å². The van der Waals surface area contributed by atoms with Gasteiger partial charge in [-0.2, -0.15) is 4.98 Å². The van der Waals surface area contributed by atoms with Gasteiger partial charge in [-0.25, -0.2) is 0 Å². The molecule has 3 aromatic rings. The summed E-state index contributed by atoms with van der Waals surface area (Å²) in [6.07, 6.45) is 0. The minimum atomic E-state index is 0.0572. The van der Waals surface area contributed by atoms with E-state index in [-0.39, 0.29) is 5.91 Å². The predicted octanol–water partition coefficient (Wildman–Crippen LogP) is 2.91. The summed E-state index contributed by atoms with van der Waals surface area (Å²) in [7, 11) is 0. The Labute approximate surface area is 145 Å². The quantitative estimate of drug-likeness (QED) is 0.793. The lowest BCUT2D eigenvalue weighted by Gasteiger charge is -2.26. The molecule has 1 aliphatic rings. The third kappa shape index (κ3) is 3.49. The van der Waals surface area contributed by atoms with Crippen LogP contribution in [0.4, 0.5) is 6.01 Å². The number of carbonyl (C=O) groups is 1. The highest BCUT2D eigenvalue weighted by Gasteiger charge is 2.18. The zero-order chi connectivity index (χ0) is 17.1. The number of oxazole rings is 1. The summed E-state index contributed by atoms with van der Waals surface area (Å²) in [6.45, 7) is 3.11. The first-order chi connectivity index (χ1) is 12.3. The molecule has 0 unspecified atom stereocenters. The van der Waals surface area contributed by atoms with Crippen molar-refractivity contribution < 1.29 is 13.9 Å². The molecule has 0 aliphatic carbocycles. The molecule has 1 aliphatic heterocycles. The topological polar surface area (TPSA) is 67.6 Å². The lowest BCUT2D eigenvalue weighted by atomic mass is 10.1. The first kappa shape index (κ1) is 15.7. The van der Waals surface area contributed by atoms with E-state index in [9.17, 15) is 4.79 Å². The number of nitrogens with zero attached hydrogens (tertiary/aromatic N) is 2. The SMILES string of the molecule is O=C(c1ccc(CNc2nc3ccccc3o2)cc1)N1CCOCC1. The average molecular weight is 337 g/mol. The zero-order valence-corrected chi connectivity index (χ0v) is 13.8. The molecular formula is C19H19N3O3. The molecule has 0 radical (unpaired) electrons. The molecule has 128 valence electrons. The standard InChI is InChI=1S/C19H19N3O3/c23-18(22-9-11-24-12-10-22)15-7-5-14(6-8-15)13-20-19-21-16-3-1-2-4-17(16)25-19/h1-8H,9-13H2,(H,20,21). The Morgan fingerprint density at radius 1 is 1.08 bits per heavy atom. The van der Waals surface area contributed by atoms with Crippen molar-refractivity contribution in [2.75, 3.05) is 31.6 Å². The Balaban J connectivity index is 1.39. The van der Waals surface area contributed by atoms with Gasteiger partial charge in [0.05, 0.1) is 13.2 Å². The highest BCUT2D eigenvalue weighted by Crippen LogP contribution is 2.19. The fourth-order valence-corrected chi connectivity index (χ4v) is 2.84. The van der Waals surface area contributed by atoms with Gasteiger partial charge in [-0.3, -0.25) is 4.79 Å². The van der Waals surface area contributed by atoms with Gasteiger partial charge in [0.2, 0.25) is 0 Å². The maximum absolute atomic E-state index is 12.4. The van der Waals surface area contributed by atoms with Crippen LogP contribution in [0.15, 0.2) is 52.9 Å². The summed E-state index contributed by atoms with van der Waals surface area (Å²) < 4.78 is 10.9. The van der Waals surface area contributed by atoms with Gasteiger partial charge in [-0.1, -0.05) is 24.3 Å². The fourth-order valence-electron chi connectivity index (χ4n) is 2.84. The molecule has 0 bridgehead atoms. The van der Waals surface area contributed by atoms with Crippen LogP contribution < -0.4 is 5.32 Å². The molecule has 1 fully saturated rings. The molecule has 6 nitrogen and oxygen atoms in total. The van der Waals surface area contributed by atoms with E-state index in [4.69, 9.17) is 9.15 Å². The van der Waals surface area contributed by atoms with Crippen molar-refractivity contribution in [3.8, 4) is 0 Å². The number of anilines is 1. The lowest BCUT2D eigenvalue weighted by Crippen LogP contribution is -2.40. The largest absolute Gasteiger partial charge is 0.424 e. The highest BCUT2D eigenvalue weighted by molar-refractivity contribution is 5.94. The van der Waals surface area contributed by atoms with Gasteiger partial charge >= 0.3 is 0 Å². The Bertz CT molecular complexity index is 834. The second-order valence-corrected chi connectivity index (χ2v) is 5.94. The second-order valence-electron chi connectivity index (χ2n) is 5.94. The van der Waals surface area contributed by atoms with E-state index in [1.807, 2.05) is 53.4 Å². The lowest BCUT2D eigenvalue weighted by molar-refractivity contribution is 0.0303. The van der Waals surface area contributed by atoms with Crippen LogP contribution in [0, 0.1) is 0 Å². The minimum Gasteiger partial charge on any atom is -0.424 e. The van der Waals surface area contributed by atoms with E-state index in [0.717, 1.165) is 16.7 Å². The number of nitrogens with one attached hydrogen (secondary N) is 1. The average Bonchev–Trinajstić information content (AvgIpc) is 3.10. The summed E-state index contributed by atoms with van der Waals surface area (Å²) >= 11 is 0. The van der Waals surface area contributed by atoms with Crippen LogP contribution in [-0.2, 0) is 11.3 Å². The molecule has 1 saturated heterocycles. The van der Waals surface area contributed by atoms with Crippen molar-refractivity contribution in [2.45, 2.75) is 6.54 Å². The minimum absolute atomic E-state index is 0.0572. The van der Waals surface area contributed by atoms with Crippen LogP contribution in [0.2, 0.25) is 0 Å². The Morgan fingerprint density at radius 3 is 2.60 bits per heavy atom. The number of para-hydroxylation sites is 2. The van der Waals surface area contributed by atoms with Crippen molar-refractivity contribution in [2.24, 2.45) is 0 Å². The monoisotopic (exact) mass is 337 g/mol. The molecule has 2 heterocycles. The van der Waals surface area contributed by atoms with Gasteiger partial charge in [0.15, 0.2) is 5.58 Å². The molecule has 1 amide bonds. The third-order valence-corrected chi connectivity index (χ3v) is 4.24. The Morgan fingerprint density at radius 2 is 1.84 bits per heavy atom. The summed E-state index contributed by atoms with van der Waals surface area (Å²) in [5, 5.41) is 3.17. The third-order valence-electron chi connectivity index (χ3n) is 4.24. The fraction of sp³-hybridized carbons (Fsp3) is 0.263. The summed E-state index contributed by atoms with van der Waals surface area (Å²) in [6, 6.07) is 15.8. The molecule has 0 spiro atoms. The number of hydrogen-bond acceptors (Lipinski definition) is 5. The van der Waals surface area contributed by atoms with Crippen LogP contribution in [0.1, 0.15) is 15.9 Å². The van der Waals surface area contributed by atoms with Gasteiger partial charge in [0.1, 0.15) is 5.52 Å². The number of amides is 1. The number of ether oxygens (including phenoxy) is 1. The van der Waals surface area contributed by atoms with E-state index in [2.05, 4.69) is 10.3 Å². The Hall–Kier alpha value is -2.86. The smallest absolute Gasteiger partial charge is 0.295 e. The first-order valence-corrected chi connectivity index (χ1v) is 8.35. The van der Waals surface area contributed by atoms with Gasteiger partial charge in [-0.05, 0) is 29.8 Å². The van der Waals surface area contributed by atoms with E-state index in [1.165, 1.54) is 0 Å². The highest BCUT2D eigenvalue weighted by atomic mass is 16.5. The van der Waals surface area contributed by atoms with Crippen LogP contribution >= 0.6 is 0 Å². The van der Waals surface area contributed by atoms with Crippen molar-refractivity contribution >= 4 is 23.0 Å². The summed E-state index contributed by atoms with van der Waals surface area (Å²) in [5.41, 5.74) is 3.35. The molecule has 1 aromatic heterocycles. The number of rotatable bonds is 4. The molecule has 6 heteroatoms. The maximum atomic E-state index is 12.4. The van der Waals surface area contributed by atoms with E-state index in [1.54, 1.807) is 0 Å². The van der Waals surface area contributed by atoms with Crippen molar-refractivity contribution in [3.05, 3.63) is 59.7 Å². The first-order valence-electron chi connectivity index (χ1n) is 8.35. The molecule has 2 aromatic carbocycles. The van der Waals surface area contributed by atoms with Crippen molar-refractivity contribution in [3.63, 3.8) is 0 Å². The van der Waals surface area contributed by atoms with Gasteiger partial charge < -0.3 is 19.4 Å². The summed E-state index contributed by atoms with van der Waals surface area (Å²) in [4.78, 5) is 18.6. The molecule has 25 heavy (non-hydrogen) atoms. The van der Waals surface area contributed by atoms with Crippen LogP contribution in [-0.4, -0.2) is 42.1 Å². The number of morpholine rings is 1. The van der Waals surface area contributed by atoms with Crippen molar-refractivity contribution in [1.29, 1.82) is 0 Å². The summed E-state index contributed by atoms with van der Waals surface area (Å²) in [5.74, 6) is 0.0572. The van der Waals surface area contributed by atoms with E-state index in [0.29, 0.717) is 44.4 Å². The molecular weight excluding hydrogens is 318 g/mol. The van der Waals surface area contributed by atoms with Gasteiger partial charge in [0.25, 0.3) is 11.9 Å². The predicted molar refractivity (Wildman–Crippen MR) is 94.5 cm³/mol. The Kier molecular flexibility index (Phi) is 4.35. The van der Waals surface area contributed by atoms with Crippen LogP contribution in [0.5, 0.6) is 0 Å². The molecule has 0 saturated carbocycles. The number of aromatic nitrogens is 1. The zero-order valence-electron chi connectivity index (χ0n) is 13.8. The number of fused-ring (bicyclic) bond motifs is 1. The molecule has 0 atom stereocenters. The van der Waals surface area contributed by atoms with Crippen LogP contribution in [0.3, 0.4) is 0 Å². The maximum Gasteiger partial charge on any atom is 0.295 e. The van der Waals surface area contributed by atoms with E-state index < -0.39 is 0 Å². The number of carbonyl (C=O) groups excluding carboxylic acids is 1. The van der Waals surface area contributed by atoms with Gasteiger partial charge in [-0.15, -0.1) is 0 Å². The molecule has 1 N–H and O–H groups in total. The van der Waals surface area contributed by atoms with Crippen LogP contribution in [0.25, 0.3) is 11.1 Å². The second kappa shape index (κ2) is 6.94. The van der Waals surface area contributed by atoms with E-state index >= 15 is 0 Å². The molecule has 4 rings (SSSR count). The normalized spacial score (nSPS) is 14.6. The number of hydrogen-bond donors (Lipinski definition) is 1. The number of benzene rings is 2. The van der Waals surface area contributed by atoms with Crippen molar-refractivity contribution in [1.82, 2.24) is 9.88 Å².